The van der Waals surface area contributed by atoms with E-state index in [4.69, 9.17) is 0 Å². The third-order valence-corrected chi connectivity index (χ3v) is 3.78. The number of aromatic nitrogens is 3. The predicted molar refractivity (Wildman–Crippen MR) is 82.6 cm³/mol. The van der Waals surface area contributed by atoms with E-state index in [2.05, 4.69) is 15.4 Å². The molecule has 114 valence electrons. The monoisotopic (exact) mass is 298 g/mol. The van der Waals surface area contributed by atoms with Gasteiger partial charge in [-0.15, -0.1) is 0 Å². The minimum atomic E-state index is -0.269. The number of carbonyl (C=O) groups is 1. The lowest BCUT2D eigenvalue weighted by molar-refractivity contribution is -0.117. The van der Waals surface area contributed by atoms with Gasteiger partial charge < -0.3 is 5.32 Å². The smallest absolute Gasteiger partial charge is 0.267 e. The molecule has 2 aromatic rings. The highest BCUT2D eigenvalue weighted by Gasteiger charge is 2.13. The van der Waals surface area contributed by atoms with Gasteiger partial charge in [-0.3, -0.25) is 14.6 Å². The van der Waals surface area contributed by atoms with E-state index in [1.165, 1.54) is 4.68 Å². The van der Waals surface area contributed by atoms with Gasteiger partial charge in [0.05, 0.1) is 5.69 Å². The lowest BCUT2D eigenvalue weighted by Gasteiger charge is -2.10. The fraction of sp³-hybridized carbons (Fsp3) is 0.375. The number of fused-ring (bicyclic) bond motifs is 1. The second kappa shape index (κ2) is 6.51. The summed E-state index contributed by atoms with van der Waals surface area (Å²) in [4.78, 5) is 28.0. The molecule has 22 heavy (non-hydrogen) atoms. The van der Waals surface area contributed by atoms with Crippen molar-refractivity contribution in [3.63, 3.8) is 0 Å². The number of rotatable bonds is 3. The van der Waals surface area contributed by atoms with Gasteiger partial charge in [-0.1, -0.05) is 6.42 Å². The van der Waals surface area contributed by atoms with Crippen LogP contribution in [0.3, 0.4) is 0 Å². The van der Waals surface area contributed by atoms with Crippen LogP contribution in [0.4, 0.5) is 5.69 Å². The van der Waals surface area contributed by atoms with Crippen molar-refractivity contribution in [2.24, 2.45) is 0 Å². The van der Waals surface area contributed by atoms with Crippen LogP contribution in [0, 0.1) is 0 Å². The zero-order valence-corrected chi connectivity index (χ0v) is 12.3. The summed E-state index contributed by atoms with van der Waals surface area (Å²) in [6.07, 6.45) is 8.32. The van der Waals surface area contributed by atoms with Crippen LogP contribution in [0.5, 0.6) is 0 Å². The lowest BCUT2D eigenvalue weighted by atomic mass is 10.1. The second-order valence-corrected chi connectivity index (χ2v) is 5.46. The molecule has 6 nitrogen and oxygen atoms in total. The highest BCUT2D eigenvalue weighted by molar-refractivity contribution is 5.90. The Labute approximate surface area is 128 Å². The summed E-state index contributed by atoms with van der Waals surface area (Å²) in [6, 6.07) is 5.03. The summed E-state index contributed by atoms with van der Waals surface area (Å²) in [5.41, 5.74) is 2.43. The van der Waals surface area contributed by atoms with Crippen molar-refractivity contribution in [2.75, 3.05) is 5.32 Å². The lowest BCUT2D eigenvalue weighted by Crippen LogP contribution is -2.30. The largest absolute Gasteiger partial charge is 0.324 e. The van der Waals surface area contributed by atoms with Crippen molar-refractivity contribution in [1.29, 1.82) is 0 Å². The van der Waals surface area contributed by atoms with E-state index < -0.39 is 0 Å². The molecule has 6 heteroatoms. The van der Waals surface area contributed by atoms with Gasteiger partial charge in [0.15, 0.2) is 0 Å². The summed E-state index contributed by atoms with van der Waals surface area (Å²) in [7, 11) is 0. The zero-order valence-electron chi connectivity index (χ0n) is 12.3. The van der Waals surface area contributed by atoms with Crippen LogP contribution in [0.15, 0.2) is 35.4 Å². The summed E-state index contributed by atoms with van der Waals surface area (Å²) >= 11 is 0. The van der Waals surface area contributed by atoms with Gasteiger partial charge in [0.2, 0.25) is 5.91 Å². The van der Waals surface area contributed by atoms with Gasteiger partial charge in [0.25, 0.3) is 5.56 Å². The normalized spacial score (nSPS) is 14.0. The summed E-state index contributed by atoms with van der Waals surface area (Å²) in [5, 5.41) is 7.12. The Morgan fingerprint density at radius 3 is 2.77 bits per heavy atom. The van der Waals surface area contributed by atoms with Crippen molar-refractivity contribution in [2.45, 2.75) is 38.6 Å². The fourth-order valence-electron chi connectivity index (χ4n) is 2.66. The third kappa shape index (κ3) is 3.39. The van der Waals surface area contributed by atoms with Gasteiger partial charge in [-0.05, 0) is 43.4 Å². The number of anilines is 1. The molecule has 0 saturated carbocycles. The molecule has 0 fully saturated rings. The van der Waals surface area contributed by atoms with Crippen LogP contribution in [0.2, 0.25) is 0 Å². The van der Waals surface area contributed by atoms with Gasteiger partial charge >= 0.3 is 0 Å². The average molecular weight is 298 g/mol. The van der Waals surface area contributed by atoms with E-state index in [9.17, 15) is 9.59 Å². The molecule has 0 aromatic carbocycles. The molecule has 1 amide bonds. The highest BCUT2D eigenvalue weighted by atomic mass is 16.2. The first kappa shape index (κ1) is 14.4. The molecule has 0 unspecified atom stereocenters. The van der Waals surface area contributed by atoms with Crippen molar-refractivity contribution < 1.29 is 4.79 Å². The Bertz CT molecular complexity index is 725. The number of aryl methyl sites for hydroxylation is 2. The number of nitrogens with zero attached hydrogens (tertiary/aromatic N) is 3. The number of hydrogen-bond donors (Lipinski definition) is 1. The SMILES string of the molecule is O=C(Cn1nc2c(cc1=O)CCCCC2)Nc1ccncc1. The van der Waals surface area contributed by atoms with E-state index in [0.717, 1.165) is 43.4 Å². The van der Waals surface area contributed by atoms with E-state index >= 15 is 0 Å². The quantitative estimate of drug-likeness (QED) is 0.872. The Morgan fingerprint density at radius 2 is 1.95 bits per heavy atom. The Morgan fingerprint density at radius 1 is 1.18 bits per heavy atom. The summed E-state index contributed by atoms with van der Waals surface area (Å²) in [6.45, 7) is -0.0750. The first-order valence-corrected chi connectivity index (χ1v) is 7.52. The topological polar surface area (TPSA) is 76.9 Å². The van der Waals surface area contributed by atoms with Crippen molar-refractivity contribution in [3.05, 3.63) is 52.2 Å². The standard InChI is InChI=1S/C16H18N4O2/c21-15(18-13-6-8-17-9-7-13)11-20-16(22)10-12-4-2-1-3-5-14(12)19-20/h6-10H,1-5,11H2,(H,17,18,21). The molecule has 3 rings (SSSR count). The molecule has 0 atom stereocenters. The third-order valence-electron chi connectivity index (χ3n) is 3.78. The van der Waals surface area contributed by atoms with Gasteiger partial charge in [0.1, 0.15) is 6.54 Å². The highest BCUT2D eigenvalue weighted by Crippen LogP contribution is 2.16. The van der Waals surface area contributed by atoms with Gasteiger partial charge in [-0.2, -0.15) is 5.10 Å². The van der Waals surface area contributed by atoms with Crippen LogP contribution in [0.1, 0.15) is 30.5 Å². The maximum atomic E-state index is 12.1. The first-order valence-electron chi connectivity index (χ1n) is 7.52. The van der Waals surface area contributed by atoms with Crippen molar-refractivity contribution >= 4 is 11.6 Å². The molecular formula is C16H18N4O2. The molecule has 1 N–H and O–H groups in total. The Hall–Kier alpha value is -2.50. The molecule has 0 spiro atoms. The zero-order chi connectivity index (χ0) is 15.4. The van der Waals surface area contributed by atoms with Crippen molar-refractivity contribution in [3.8, 4) is 0 Å². The molecule has 1 aliphatic carbocycles. The van der Waals surface area contributed by atoms with E-state index in [-0.39, 0.29) is 18.0 Å². The summed E-state index contributed by atoms with van der Waals surface area (Å²) < 4.78 is 1.25. The minimum absolute atomic E-state index is 0.0750. The summed E-state index contributed by atoms with van der Waals surface area (Å²) in [5.74, 6) is -0.269. The molecule has 2 heterocycles. The maximum Gasteiger partial charge on any atom is 0.267 e. The van der Waals surface area contributed by atoms with Crippen LogP contribution in [0.25, 0.3) is 0 Å². The molecule has 0 radical (unpaired) electrons. The molecule has 0 aliphatic heterocycles. The van der Waals surface area contributed by atoms with E-state index in [0.29, 0.717) is 5.69 Å². The molecular weight excluding hydrogens is 280 g/mol. The van der Waals surface area contributed by atoms with Gasteiger partial charge in [0, 0.05) is 24.1 Å². The average Bonchev–Trinajstić information content (AvgIpc) is 2.73. The second-order valence-electron chi connectivity index (χ2n) is 5.46. The maximum absolute atomic E-state index is 12.1. The first-order chi connectivity index (χ1) is 10.7. The van der Waals surface area contributed by atoms with E-state index in [1.54, 1.807) is 30.6 Å². The van der Waals surface area contributed by atoms with Gasteiger partial charge in [-0.25, -0.2) is 4.68 Å². The Kier molecular flexibility index (Phi) is 4.27. The Balaban J connectivity index is 1.76. The number of hydrogen-bond acceptors (Lipinski definition) is 4. The van der Waals surface area contributed by atoms with Crippen LogP contribution in [-0.2, 0) is 24.2 Å². The van der Waals surface area contributed by atoms with Crippen LogP contribution >= 0.6 is 0 Å². The molecule has 2 aromatic heterocycles. The van der Waals surface area contributed by atoms with Crippen LogP contribution in [-0.4, -0.2) is 20.7 Å². The molecule has 0 saturated heterocycles. The number of carbonyl (C=O) groups excluding carboxylic acids is 1. The van der Waals surface area contributed by atoms with E-state index in [1.807, 2.05) is 0 Å². The number of nitrogens with one attached hydrogen (secondary N) is 1. The minimum Gasteiger partial charge on any atom is -0.324 e. The molecule has 0 bridgehead atoms. The number of amides is 1. The predicted octanol–water partition coefficient (Wildman–Crippen LogP) is 1.55. The van der Waals surface area contributed by atoms with Crippen molar-refractivity contribution in [1.82, 2.24) is 14.8 Å². The van der Waals surface area contributed by atoms with Crippen LogP contribution < -0.4 is 10.9 Å². The fourth-order valence-corrected chi connectivity index (χ4v) is 2.66. The number of pyridine rings is 1. The molecule has 1 aliphatic rings.